The summed E-state index contributed by atoms with van der Waals surface area (Å²) in [6, 6.07) is 0. The maximum Gasteiger partial charge on any atom is 0.220 e. The van der Waals surface area contributed by atoms with Gasteiger partial charge in [0.05, 0.1) is 0 Å². The second-order valence-corrected chi connectivity index (χ2v) is 4.88. The fourth-order valence-corrected chi connectivity index (χ4v) is 1.29. The number of rotatable bonds is 4. The summed E-state index contributed by atoms with van der Waals surface area (Å²) in [5, 5.41) is 2.93. The fraction of sp³-hybridized carbons (Fsp3) is 0.889. The van der Waals surface area contributed by atoms with Gasteiger partial charge in [-0.15, -0.1) is 0 Å². The minimum absolute atomic E-state index is 0.0869. The Hall–Kier alpha value is -0.180. The lowest BCUT2D eigenvalue weighted by Crippen LogP contribution is -2.40. The maximum absolute atomic E-state index is 11.2. The molecule has 72 valence electrons. The first kappa shape index (κ1) is 11.8. The summed E-state index contributed by atoms with van der Waals surface area (Å²) in [5.41, 5.74) is -0.0869. The van der Waals surface area contributed by atoms with Crippen LogP contribution in [0, 0.1) is 0 Å². The van der Waals surface area contributed by atoms with E-state index in [4.69, 9.17) is 0 Å². The van der Waals surface area contributed by atoms with Gasteiger partial charge in [0, 0.05) is 12.0 Å². The van der Waals surface area contributed by atoms with Crippen LogP contribution in [0.25, 0.3) is 0 Å². The lowest BCUT2D eigenvalue weighted by molar-refractivity contribution is -0.122. The van der Waals surface area contributed by atoms with Gasteiger partial charge in [0.1, 0.15) is 0 Å². The van der Waals surface area contributed by atoms with Crippen LogP contribution in [-0.2, 0) is 4.79 Å². The van der Waals surface area contributed by atoms with E-state index in [-0.39, 0.29) is 11.4 Å². The number of amides is 1. The highest BCUT2D eigenvalue weighted by Gasteiger charge is 2.12. The van der Waals surface area contributed by atoms with E-state index < -0.39 is 0 Å². The van der Waals surface area contributed by atoms with E-state index in [2.05, 4.69) is 11.6 Å². The molecule has 1 N–H and O–H groups in total. The number of carbonyl (C=O) groups excluding carboxylic acids is 1. The molecule has 0 aromatic carbocycles. The summed E-state index contributed by atoms with van der Waals surface area (Å²) < 4.78 is 0. The molecule has 0 unspecified atom stereocenters. The minimum atomic E-state index is -0.0869. The lowest BCUT2D eigenvalue weighted by Gasteiger charge is -2.20. The molecule has 0 heterocycles. The van der Waals surface area contributed by atoms with Crippen LogP contribution in [-0.4, -0.2) is 23.5 Å². The molecule has 0 radical (unpaired) electrons. The lowest BCUT2D eigenvalue weighted by atomic mass is 10.1. The van der Waals surface area contributed by atoms with E-state index in [0.717, 1.165) is 12.2 Å². The summed E-state index contributed by atoms with van der Waals surface area (Å²) in [5.74, 6) is 1.23. The third-order valence-corrected chi connectivity index (χ3v) is 1.96. The van der Waals surface area contributed by atoms with Gasteiger partial charge in [-0.05, 0) is 39.2 Å². The second-order valence-electron chi connectivity index (χ2n) is 3.89. The Kier molecular flexibility index (Phi) is 5.38. The average Bonchev–Trinajstić information content (AvgIpc) is 1.84. The molecule has 0 fully saturated rings. The zero-order valence-electron chi connectivity index (χ0n) is 8.44. The van der Waals surface area contributed by atoms with E-state index in [9.17, 15) is 4.79 Å². The molecule has 0 aliphatic carbocycles. The SMILES string of the molecule is CSCCCC(=O)NC(C)(C)C. The van der Waals surface area contributed by atoms with Gasteiger partial charge in [0.15, 0.2) is 0 Å². The van der Waals surface area contributed by atoms with Crippen LogP contribution in [0.15, 0.2) is 0 Å². The van der Waals surface area contributed by atoms with Crippen molar-refractivity contribution in [1.29, 1.82) is 0 Å². The Morgan fingerprint density at radius 3 is 2.42 bits per heavy atom. The van der Waals surface area contributed by atoms with Gasteiger partial charge in [-0.25, -0.2) is 0 Å². The highest BCUT2D eigenvalue weighted by molar-refractivity contribution is 7.98. The molecule has 0 aliphatic heterocycles. The third-order valence-electron chi connectivity index (χ3n) is 1.27. The van der Waals surface area contributed by atoms with Crippen LogP contribution in [0.5, 0.6) is 0 Å². The van der Waals surface area contributed by atoms with Gasteiger partial charge in [-0.2, -0.15) is 11.8 Å². The molecule has 1 amide bonds. The molecule has 0 saturated heterocycles. The van der Waals surface area contributed by atoms with Gasteiger partial charge in [0.2, 0.25) is 5.91 Å². The Balaban J connectivity index is 3.47. The predicted octanol–water partition coefficient (Wildman–Crippen LogP) is 2.04. The topological polar surface area (TPSA) is 29.1 Å². The van der Waals surface area contributed by atoms with Crippen LogP contribution in [0.4, 0.5) is 0 Å². The van der Waals surface area contributed by atoms with E-state index in [1.807, 2.05) is 20.8 Å². The Morgan fingerprint density at radius 1 is 1.42 bits per heavy atom. The molecule has 0 atom stereocenters. The zero-order valence-corrected chi connectivity index (χ0v) is 9.25. The van der Waals surface area contributed by atoms with Crippen LogP contribution < -0.4 is 5.32 Å². The summed E-state index contributed by atoms with van der Waals surface area (Å²) in [6.45, 7) is 6.00. The zero-order chi connectivity index (χ0) is 9.61. The molecule has 0 aliphatic rings. The van der Waals surface area contributed by atoms with Gasteiger partial charge in [-0.1, -0.05) is 0 Å². The highest BCUT2D eigenvalue weighted by Crippen LogP contribution is 2.02. The van der Waals surface area contributed by atoms with E-state index >= 15 is 0 Å². The Bertz CT molecular complexity index is 140. The largest absolute Gasteiger partial charge is 0.352 e. The van der Waals surface area contributed by atoms with Crippen molar-refractivity contribution in [3.8, 4) is 0 Å². The first-order chi connectivity index (χ1) is 5.45. The smallest absolute Gasteiger partial charge is 0.220 e. The van der Waals surface area contributed by atoms with Crippen molar-refractivity contribution in [2.45, 2.75) is 39.2 Å². The van der Waals surface area contributed by atoms with Gasteiger partial charge < -0.3 is 5.32 Å². The Morgan fingerprint density at radius 2 is 2.00 bits per heavy atom. The summed E-state index contributed by atoms with van der Waals surface area (Å²) in [4.78, 5) is 11.2. The average molecular weight is 189 g/mol. The monoisotopic (exact) mass is 189 g/mol. The van der Waals surface area contributed by atoms with Crippen molar-refractivity contribution in [3.63, 3.8) is 0 Å². The maximum atomic E-state index is 11.2. The summed E-state index contributed by atoms with van der Waals surface area (Å²) in [6.07, 6.45) is 3.68. The van der Waals surface area contributed by atoms with Crippen molar-refractivity contribution in [3.05, 3.63) is 0 Å². The van der Waals surface area contributed by atoms with Gasteiger partial charge in [0.25, 0.3) is 0 Å². The third kappa shape index (κ3) is 7.92. The molecule has 12 heavy (non-hydrogen) atoms. The molecule has 2 nitrogen and oxygen atoms in total. The molecule has 0 bridgehead atoms. The quantitative estimate of drug-likeness (QED) is 0.686. The van der Waals surface area contributed by atoms with E-state index in [1.165, 1.54) is 0 Å². The number of hydrogen-bond acceptors (Lipinski definition) is 2. The van der Waals surface area contributed by atoms with Crippen molar-refractivity contribution < 1.29 is 4.79 Å². The first-order valence-electron chi connectivity index (χ1n) is 4.25. The van der Waals surface area contributed by atoms with Crippen LogP contribution >= 0.6 is 11.8 Å². The minimum Gasteiger partial charge on any atom is -0.352 e. The van der Waals surface area contributed by atoms with Crippen molar-refractivity contribution >= 4 is 17.7 Å². The molecule has 0 aromatic heterocycles. The molecular formula is C9H19NOS. The second kappa shape index (κ2) is 5.46. The van der Waals surface area contributed by atoms with Crippen molar-refractivity contribution in [2.75, 3.05) is 12.0 Å². The Labute approximate surface area is 79.5 Å². The molecule has 0 rings (SSSR count). The predicted molar refractivity (Wildman–Crippen MR) is 55.5 cm³/mol. The molecule has 0 spiro atoms. The molecular weight excluding hydrogens is 170 g/mol. The molecule has 0 aromatic rings. The van der Waals surface area contributed by atoms with E-state index in [1.54, 1.807) is 11.8 Å². The van der Waals surface area contributed by atoms with Gasteiger partial charge >= 0.3 is 0 Å². The number of nitrogens with one attached hydrogen (secondary N) is 1. The fourth-order valence-electron chi connectivity index (χ4n) is 0.858. The standard InChI is InChI=1S/C9H19NOS/c1-9(2,3)10-8(11)6-5-7-12-4/h5-7H2,1-4H3,(H,10,11). The van der Waals surface area contributed by atoms with Crippen LogP contribution in [0.1, 0.15) is 33.6 Å². The summed E-state index contributed by atoms with van der Waals surface area (Å²) in [7, 11) is 0. The van der Waals surface area contributed by atoms with Crippen molar-refractivity contribution in [1.82, 2.24) is 5.32 Å². The van der Waals surface area contributed by atoms with Crippen LogP contribution in [0.3, 0.4) is 0 Å². The number of hydrogen-bond donors (Lipinski definition) is 1. The summed E-state index contributed by atoms with van der Waals surface area (Å²) >= 11 is 1.78. The van der Waals surface area contributed by atoms with Gasteiger partial charge in [-0.3, -0.25) is 4.79 Å². The highest BCUT2D eigenvalue weighted by atomic mass is 32.2. The first-order valence-corrected chi connectivity index (χ1v) is 5.65. The normalized spacial score (nSPS) is 11.3. The molecule has 0 saturated carbocycles. The molecule has 3 heteroatoms. The van der Waals surface area contributed by atoms with E-state index in [0.29, 0.717) is 6.42 Å². The number of carbonyl (C=O) groups is 1. The number of thioether (sulfide) groups is 1. The van der Waals surface area contributed by atoms with Crippen LogP contribution in [0.2, 0.25) is 0 Å². The van der Waals surface area contributed by atoms with Crippen molar-refractivity contribution in [2.24, 2.45) is 0 Å².